The summed E-state index contributed by atoms with van der Waals surface area (Å²) in [5, 5.41) is 4.47. The predicted octanol–water partition coefficient (Wildman–Crippen LogP) is 4.59. The smallest absolute Gasteiger partial charge is 0.266 e. The first-order valence-corrected chi connectivity index (χ1v) is 9.00. The minimum Gasteiger partial charge on any atom is -0.376 e. The highest BCUT2D eigenvalue weighted by atomic mass is 35.5. The maximum Gasteiger partial charge on any atom is 0.266 e. The minimum atomic E-state index is -0.161. The molecule has 130 valence electrons. The standard InChI is InChI=1S/C18H19ClN4OS/c1-9-15-10(2)20-11(3)21-18(15)25-16(9)17(24)22-12-6-7-14(23(4)5)13(19)8-12/h6-8H,1-5H3,(H,22,24). The molecule has 0 unspecified atom stereocenters. The number of aromatic nitrogens is 2. The molecule has 0 atom stereocenters. The molecule has 25 heavy (non-hydrogen) atoms. The first-order valence-electron chi connectivity index (χ1n) is 7.80. The van der Waals surface area contributed by atoms with Gasteiger partial charge in [-0.2, -0.15) is 0 Å². The van der Waals surface area contributed by atoms with Crippen LogP contribution in [0.2, 0.25) is 5.02 Å². The molecular weight excluding hydrogens is 356 g/mol. The Balaban J connectivity index is 1.94. The minimum absolute atomic E-state index is 0.161. The van der Waals surface area contributed by atoms with Gasteiger partial charge in [-0.3, -0.25) is 4.79 Å². The van der Waals surface area contributed by atoms with E-state index in [-0.39, 0.29) is 5.91 Å². The number of aryl methyl sites for hydroxylation is 3. The summed E-state index contributed by atoms with van der Waals surface area (Å²) in [5.41, 5.74) is 3.37. The summed E-state index contributed by atoms with van der Waals surface area (Å²) in [5.74, 6) is 0.551. The zero-order valence-corrected chi connectivity index (χ0v) is 16.3. The van der Waals surface area contributed by atoms with Crippen LogP contribution in [0.1, 0.15) is 26.8 Å². The van der Waals surface area contributed by atoms with Gasteiger partial charge in [-0.1, -0.05) is 11.6 Å². The van der Waals surface area contributed by atoms with Gasteiger partial charge in [-0.05, 0) is 44.5 Å². The normalized spacial score (nSPS) is 11.0. The van der Waals surface area contributed by atoms with Crippen molar-refractivity contribution in [2.24, 2.45) is 0 Å². The van der Waals surface area contributed by atoms with E-state index in [0.29, 0.717) is 21.4 Å². The number of nitrogens with zero attached hydrogens (tertiary/aromatic N) is 3. The van der Waals surface area contributed by atoms with Crippen LogP contribution in [0.4, 0.5) is 11.4 Å². The predicted molar refractivity (Wildman–Crippen MR) is 105 cm³/mol. The van der Waals surface area contributed by atoms with Gasteiger partial charge in [0, 0.05) is 30.9 Å². The van der Waals surface area contributed by atoms with Gasteiger partial charge in [0.25, 0.3) is 5.91 Å². The molecule has 0 aliphatic rings. The van der Waals surface area contributed by atoms with Crippen molar-refractivity contribution >= 4 is 50.4 Å². The van der Waals surface area contributed by atoms with E-state index in [1.807, 2.05) is 51.9 Å². The zero-order chi connectivity index (χ0) is 18.3. The maximum atomic E-state index is 12.7. The number of amides is 1. The van der Waals surface area contributed by atoms with Crippen LogP contribution >= 0.6 is 22.9 Å². The summed E-state index contributed by atoms with van der Waals surface area (Å²) >= 11 is 7.67. The van der Waals surface area contributed by atoms with E-state index >= 15 is 0 Å². The van der Waals surface area contributed by atoms with E-state index in [9.17, 15) is 4.79 Å². The molecule has 1 N–H and O–H groups in total. The molecule has 0 fully saturated rings. The molecule has 1 aromatic carbocycles. The SMILES string of the molecule is Cc1nc(C)c2c(C)c(C(=O)Nc3ccc(N(C)C)c(Cl)c3)sc2n1. The monoisotopic (exact) mass is 374 g/mol. The molecule has 3 aromatic rings. The summed E-state index contributed by atoms with van der Waals surface area (Å²) < 4.78 is 0. The summed E-state index contributed by atoms with van der Waals surface area (Å²) in [6.07, 6.45) is 0. The number of fused-ring (bicyclic) bond motifs is 1. The Kier molecular flexibility index (Phi) is 4.67. The van der Waals surface area contributed by atoms with Crippen molar-refractivity contribution in [3.05, 3.63) is 45.2 Å². The fourth-order valence-electron chi connectivity index (χ4n) is 2.83. The average Bonchev–Trinajstić information content (AvgIpc) is 2.83. The molecule has 0 bridgehead atoms. The van der Waals surface area contributed by atoms with Crippen LogP contribution in [0.25, 0.3) is 10.2 Å². The molecule has 2 aromatic heterocycles. The molecule has 1 amide bonds. The van der Waals surface area contributed by atoms with E-state index in [1.54, 1.807) is 6.07 Å². The molecular formula is C18H19ClN4OS. The summed E-state index contributed by atoms with van der Waals surface area (Å²) in [7, 11) is 3.84. The molecule has 0 aliphatic carbocycles. The fraction of sp³-hybridized carbons (Fsp3) is 0.278. The van der Waals surface area contributed by atoms with Gasteiger partial charge in [-0.25, -0.2) is 9.97 Å². The van der Waals surface area contributed by atoms with Crippen LogP contribution in [0.3, 0.4) is 0 Å². The highest BCUT2D eigenvalue weighted by Crippen LogP contribution is 2.32. The van der Waals surface area contributed by atoms with Crippen molar-refractivity contribution in [3.63, 3.8) is 0 Å². The van der Waals surface area contributed by atoms with Crippen molar-refractivity contribution in [2.45, 2.75) is 20.8 Å². The van der Waals surface area contributed by atoms with Crippen LogP contribution in [0, 0.1) is 20.8 Å². The van der Waals surface area contributed by atoms with Gasteiger partial charge >= 0.3 is 0 Å². The molecule has 0 aliphatic heterocycles. The van der Waals surface area contributed by atoms with E-state index in [1.165, 1.54) is 11.3 Å². The third-order valence-electron chi connectivity index (χ3n) is 3.98. The molecule has 5 nitrogen and oxygen atoms in total. The number of carbonyl (C=O) groups is 1. The third-order valence-corrected chi connectivity index (χ3v) is 5.46. The maximum absolute atomic E-state index is 12.7. The van der Waals surface area contributed by atoms with Gasteiger partial charge in [0.05, 0.1) is 15.6 Å². The Hall–Kier alpha value is -2.18. The first kappa shape index (κ1) is 17.6. The number of rotatable bonds is 3. The van der Waals surface area contributed by atoms with E-state index in [0.717, 1.165) is 27.2 Å². The quantitative estimate of drug-likeness (QED) is 0.728. The zero-order valence-electron chi connectivity index (χ0n) is 14.8. The summed E-state index contributed by atoms with van der Waals surface area (Å²) in [4.78, 5) is 25.0. The van der Waals surface area contributed by atoms with Crippen molar-refractivity contribution in [3.8, 4) is 0 Å². The molecule has 0 spiro atoms. The molecule has 3 rings (SSSR count). The number of thiophene rings is 1. The third kappa shape index (κ3) is 3.32. The van der Waals surface area contributed by atoms with Crippen LogP contribution < -0.4 is 10.2 Å². The molecule has 0 radical (unpaired) electrons. The van der Waals surface area contributed by atoms with Gasteiger partial charge in [0.1, 0.15) is 10.7 Å². The number of benzene rings is 1. The number of nitrogens with one attached hydrogen (secondary N) is 1. The Morgan fingerprint density at radius 1 is 1.20 bits per heavy atom. The van der Waals surface area contributed by atoms with Gasteiger partial charge in [0.2, 0.25) is 0 Å². The van der Waals surface area contributed by atoms with Crippen molar-refractivity contribution < 1.29 is 4.79 Å². The van der Waals surface area contributed by atoms with Crippen LogP contribution in [0.15, 0.2) is 18.2 Å². The number of hydrogen-bond acceptors (Lipinski definition) is 5. The number of hydrogen-bond donors (Lipinski definition) is 1. The second kappa shape index (κ2) is 6.61. The van der Waals surface area contributed by atoms with Crippen LogP contribution in [-0.2, 0) is 0 Å². The Bertz CT molecular complexity index is 981. The highest BCUT2D eigenvalue weighted by molar-refractivity contribution is 7.20. The van der Waals surface area contributed by atoms with Gasteiger partial charge < -0.3 is 10.2 Å². The Morgan fingerprint density at radius 2 is 1.92 bits per heavy atom. The van der Waals surface area contributed by atoms with Gasteiger partial charge in [-0.15, -0.1) is 11.3 Å². The van der Waals surface area contributed by atoms with Crippen LogP contribution in [-0.4, -0.2) is 30.0 Å². The average molecular weight is 375 g/mol. The first-order chi connectivity index (χ1) is 11.8. The molecule has 7 heteroatoms. The summed E-state index contributed by atoms with van der Waals surface area (Å²) in [6, 6.07) is 5.48. The molecule has 2 heterocycles. The number of carbonyl (C=O) groups excluding carboxylic acids is 1. The van der Waals surface area contributed by atoms with Crippen LogP contribution in [0.5, 0.6) is 0 Å². The fourth-order valence-corrected chi connectivity index (χ4v) is 4.35. The lowest BCUT2D eigenvalue weighted by atomic mass is 10.1. The highest BCUT2D eigenvalue weighted by Gasteiger charge is 2.19. The number of halogens is 1. The van der Waals surface area contributed by atoms with E-state index in [4.69, 9.17) is 11.6 Å². The Labute approximate surface area is 155 Å². The van der Waals surface area contributed by atoms with E-state index in [2.05, 4.69) is 15.3 Å². The van der Waals surface area contributed by atoms with Gasteiger partial charge in [0.15, 0.2) is 0 Å². The second-order valence-corrected chi connectivity index (χ2v) is 7.51. The lowest BCUT2D eigenvalue weighted by molar-refractivity contribution is 0.103. The lowest BCUT2D eigenvalue weighted by Gasteiger charge is -2.15. The second-order valence-electron chi connectivity index (χ2n) is 6.11. The molecule has 0 saturated carbocycles. The van der Waals surface area contributed by atoms with Crippen molar-refractivity contribution in [1.82, 2.24) is 9.97 Å². The topological polar surface area (TPSA) is 58.1 Å². The van der Waals surface area contributed by atoms with Crippen molar-refractivity contribution in [1.29, 1.82) is 0 Å². The lowest BCUT2D eigenvalue weighted by Crippen LogP contribution is -2.12. The largest absolute Gasteiger partial charge is 0.376 e. The van der Waals surface area contributed by atoms with E-state index < -0.39 is 0 Å². The number of anilines is 2. The summed E-state index contributed by atoms with van der Waals surface area (Å²) in [6.45, 7) is 5.73. The Morgan fingerprint density at radius 3 is 2.56 bits per heavy atom. The molecule has 0 saturated heterocycles. The van der Waals surface area contributed by atoms with Crippen molar-refractivity contribution in [2.75, 3.05) is 24.3 Å².